The molecule has 1 saturated heterocycles. The molecule has 0 radical (unpaired) electrons. The number of amides is 1. The number of anilines is 1. The van der Waals surface area contributed by atoms with Crippen molar-refractivity contribution in [3.8, 4) is 0 Å². The Morgan fingerprint density at radius 1 is 1.71 bits per heavy atom. The van der Waals surface area contributed by atoms with Crippen LogP contribution in [0, 0.1) is 5.92 Å². The highest BCUT2D eigenvalue weighted by Crippen LogP contribution is 2.17. The topological polar surface area (TPSA) is 59.0 Å². The minimum atomic E-state index is 0.0914. The maximum absolute atomic E-state index is 12.1. The second-order valence-corrected chi connectivity index (χ2v) is 4.55. The van der Waals surface area contributed by atoms with Crippen molar-refractivity contribution < 1.29 is 4.79 Å². The Morgan fingerprint density at radius 2 is 2.53 bits per heavy atom. The van der Waals surface area contributed by atoms with E-state index < -0.39 is 0 Å². The number of nitrogens with zero attached hydrogens (tertiary/aromatic N) is 2. The second kappa shape index (κ2) is 5.31. The van der Waals surface area contributed by atoms with Crippen molar-refractivity contribution in [1.29, 1.82) is 0 Å². The number of hydrogen-bond acceptors (Lipinski definition) is 3. The molecule has 1 aliphatic rings. The molecule has 1 unspecified atom stereocenters. The van der Waals surface area contributed by atoms with E-state index in [-0.39, 0.29) is 11.8 Å². The van der Waals surface area contributed by atoms with Gasteiger partial charge >= 0.3 is 0 Å². The van der Waals surface area contributed by atoms with Gasteiger partial charge in [0, 0.05) is 19.8 Å². The Labute approximate surface area is 102 Å². The van der Waals surface area contributed by atoms with Crippen LogP contribution in [-0.4, -0.2) is 28.8 Å². The van der Waals surface area contributed by atoms with Gasteiger partial charge in [-0.1, -0.05) is 6.92 Å². The standard InChI is InChI=1S/C12H20N4O/c1-3-10-11(8-16(2)15-10)14-12(17)9-5-4-6-13-7-9/h8-9,13H,3-7H2,1-2H3,(H,14,17). The van der Waals surface area contributed by atoms with Crippen LogP contribution >= 0.6 is 0 Å². The Balaban J connectivity index is 2.01. The van der Waals surface area contributed by atoms with Crippen molar-refractivity contribution in [1.82, 2.24) is 15.1 Å². The fraction of sp³-hybridized carbons (Fsp3) is 0.667. The van der Waals surface area contributed by atoms with Crippen LogP contribution in [0.5, 0.6) is 0 Å². The van der Waals surface area contributed by atoms with Gasteiger partial charge < -0.3 is 10.6 Å². The molecule has 0 saturated carbocycles. The van der Waals surface area contributed by atoms with Crippen LogP contribution in [0.15, 0.2) is 6.20 Å². The Morgan fingerprint density at radius 3 is 3.18 bits per heavy atom. The van der Waals surface area contributed by atoms with Crippen LogP contribution in [0.1, 0.15) is 25.5 Å². The predicted molar refractivity (Wildman–Crippen MR) is 66.8 cm³/mol. The van der Waals surface area contributed by atoms with E-state index in [1.165, 1.54) is 0 Å². The van der Waals surface area contributed by atoms with Crippen molar-refractivity contribution in [2.24, 2.45) is 13.0 Å². The van der Waals surface area contributed by atoms with Crippen molar-refractivity contribution in [2.75, 3.05) is 18.4 Å². The molecule has 17 heavy (non-hydrogen) atoms. The molecule has 1 aromatic heterocycles. The molecule has 2 rings (SSSR count). The van der Waals surface area contributed by atoms with Crippen LogP contribution in [0.2, 0.25) is 0 Å². The summed E-state index contributed by atoms with van der Waals surface area (Å²) in [6.07, 6.45) is 4.75. The lowest BCUT2D eigenvalue weighted by molar-refractivity contribution is -0.120. The maximum Gasteiger partial charge on any atom is 0.228 e. The van der Waals surface area contributed by atoms with Crippen LogP contribution < -0.4 is 10.6 Å². The van der Waals surface area contributed by atoms with Crippen LogP contribution in [0.3, 0.4) is 0 Å². The summed E-state index contributed by atoms with van der Waals surface area (Å²) in [7, 11) is 1.87. The summed E-state index contributed by atoms with van der Waals surface area (Å²) >= 11 is 0. The van der Waals surface area contributed by atoms with E-state index in [1.807, 2.05) is 20.2 Å². The zero-order chi connectivity index (χ0) is 12.3. The van der Waals surface area contributed by atoms with Crippen LogP contribution in [0.25, 0.3) is 0 Å². The highest BCUT2D eigenvalue weighted by Gasteiger charge is 2.22. The lowest BCUT2D eigenvalue weighted by Crippen LogP contribution is -2.37. The van der Waals surface area contributed by atoms with E-state index in [0.717, 1.165) is 43.7 Å². The molecule has 1 atom stereocenters. The number of hydrogen-bond donors (Lipinski definition) is 2. The molecule has 2 N–H and O–H groups in total. The summed E-state index contributed by atoms with van der Waals surface area (Å²) < 4.78 is 1.74. The number of carbonyl (C=O) groups excluding carboxylic acids is 1. The fourth-order valence-electron chi connectivity index (χ4n) is 2.21. The van der Waals surface area contributed by atoms with Gasteiger partial charge in [0.05, 0.1) is 17.3 Å². The van der Waals surface area contributed by atoms with E-state index in [9.17, 15) is 4.79 Å². The first kappa shape index (κ1) is 12.1. The molecule has 5 heteroatoms. The van der Waals surface area contributed by atoms with Crippen LogP contribution in [0.4, 0.5) is 5.69 Å². The first-order valence-corrected chi connectivity index (χ1v) is 6.24. The summed E-state index contributed by atoms with van der Waals surface area (Å²) in [5.74, 6) is 0.202. The highest BCUT2D eigenvalue weighted by molar-refractivity contribution is 5.93. The minimum Gasteiger partial charge on any atom is -0.323 e. The molecule has 1 aromatic rings. The minimum absolute atomic E-state index is 0.0914. The molecule has 94 valence electrons. The molecule has 1 fully saturated rings. The third-order valence-electron chi connectivity index (χ3n) is 3.17. The van der Waals surface area contributed by atoms with Crippen molar-refractivity contribution in [3.05, 3.63) is 11.9 Å². The molecule has 1 amide bonds. The largest absolute Gasteiger partial charge is 0.323 e. The van der Waals surface area contributed by atoms with E-state index >= 15 is 0 Å². The number of carbonyl (C=O) groups is 1. The molecular weight excluding hydrogens is 216 g/mol. The van der Waals surface area contributed by atoms with E-state index in [1.54, 1.807) is 4.68 Å². The summed E-state index contributed by atoms with van der Waals surface area (Å²) in [6.45, 7) is 3.85. The van der Waals surface area contributed by atoms with Gasteiger partial charge in [-0.3, -0.25) is 9.48 Å². The molecule has 1 aliphatic heterocycles. The first-order chi connectivity index (χ1) is 8.20. The molecular formula is C12H20N4O. The van der Waals surface area contributed by atoms with E-state index in [0.29, 0.717) is 0 Å². The van der Waals surface area contributed by atoms with Crippen molar-refractivity contribution >= 4 is 11.6 Å². The Hall–Kier alpha value is -1.36. The molecule has 5 nitrogen and oxygen atoms in total. The van der Waals surface area contributed by atoms with Gasteiger partial charge in [-0.2, -0.15) is 5.10 Å². The SMILES string of the molecule is CCc1nn(C)cc1NC(=O)C1CCCNC1. The van der Waals surface area contributed by atoms with Gasteiger partial charge in [0.15, 0.2) is 0 Å². The van der Waals surface area contributed by atoms with Crippen molar-refractivity contribution in [2.45, 2.75) is 26.2 Å². The third kappa shape index (κ3) is 2.85. The summed E-state index contributed by atoms with van der Waals surface area (Å²) in [5.41, 5.74) is 1.80. The average Bonchev–Trinajstić information content (AvgIpc) is 2.70. The number of aromatic nitrogens is 2. The van der Waals surface area contributed by atoms with Crippen LogP contribution in [-0.2, 0) is 18.3 Å². The summed E-state index contributed by atoms with van der Waals surface area (Å²) in [5, 5.41) is 10.6. The number of aryl methyl sites for hydroxylation is 2. The zero-order valence-electron chi connectivity index (χ0n) is 10.5. The monoisotopic (exact) mass is 236 g/mol. The third-order valence-corrected chi connectivity index (χ3v) is 3.17. The molecule has 2 heterocycles. The van der Waals surface area contributed by atoms with Gasteiger partial charge in [-0.25, -0.2) is 0 Å². The lowest BCUT2D eigenvalue weighted by Gasteiger charge is -2.21. The van der Waals surface area contributed by atoms with Gasteiger partial charge in [0.2, 0.25) is 5.91 Å². The molecule has 0 aliphatic carbocycles. The number of rotatable bonds is 3. The zero-order valence-corrected chi connectivity index (χ0v) is 10.5. The van der Waals surface area contributed by atoms with Gasteiger partial charge in [0.1, 0.15) is 0 Å². The highest BCUT2D eigenvalue weighted by atomic mass is 16.1. The van der Waals surface area contributed by atoms with E-state index in [2.05, 4.69) is 15.7 Å². The Bertz CT molecular complexity index is 393. The smallest absolute Gasteiger partial charge is 0.228 e. The molecule has 0 spiro atoms. The first-order valence-electron chi connectivity index (χ1n) is 6.24. The van der Waals surface area contributed by atoms with Gasteiger partial charge in [0.25, 0.3) is 0 Å². The average molecular weight is 236 g/mol. The fourth-order valence-corrected chi connectivity index (χ4v) is 2.21. The summed E-state index contributed by atoms with van der Waals surface area (Å²) in [6, 6.07) is 0. The maximum atomic E-state index is 12.1. The lowest BCUT2D eigenvalue weighted by atomic mass is 9.99. The molecule has 0 bridgehead atoms. The second-order valence-electron chi connectivity index (χ2n) is 4.55. The van der Waals surface area contributed by atoms with E-state index in [4.69, 9.17) is 0 Å². The van der Waals surface area contributed by atoms with Crippen molar-refractivity contribution in [3.63, 3.8) is 0 Å². The van der Waals surface area contributed by atoms with Gasteiger partial charge in [-0.05, 0) is 25.8 Å². The van der Waals surface area contributed by atoms with Gasteiger partial charge in [-0.15, -0.1) is 0 Å². The Kier molecular flexibility index (Phi) is 3.78. The molecule has 0 aromatic carbocycles. The predicted octanol–water partition coefficient (Wildman–Crippen LogP) is 0.921. The number of nitrogens with one attached hydrogen (secondary N) is 2. The number of piperidine rings is 1. The summed E-state index contributed by atoms with van der Waals surface area (Å²) in [4.78, 5) is 12.1. The quantitative estimate of drug-likeness (QED) is 0.820. The normalized spacial score (nSPS) is 20.2.